The molecule has 1 saturated heterocycles. The van der Waals surface area contributed by atoms with Crippen molar-refractivity contribution in [2.24, 2.45) is 11.8 Å². The third-order valence-corrected chi connectivity index (χ3v) is 4.12. The van der Waals surface area contributed by atoms with Crippen LogP contribution in [-0.2, 0) is 4.74 Å². The van der Waals surface area contributed by atoms with Gasteiger partial charge in [-0.2, -0.15) is 0 Å². The minimum Gasteiger partial charge on any atom is -0.381 e. The summed E-state index contributed by atoms with van der Waals surface area (Å²) in [6.07, 6.45) is 3.32. The van der Waals surface area contributed by atoms with Gasteiger partial charge in [0.15, 0.2) is 0 Å². The van der Waals surface area contributed by atoms with Crippen LogP contribution in [0.5, 0.6) is 0 Å². The Balaban J connectivity index is 2.04. The number of aryl methyl sites for hydroxylation is 1. The van der Waals surface area contributed by atoms with Gasteiger partial charge in [-0.15, -0.1) is 0 Å². The molecule has 0 amide bonds. The number of benzene rings is 1. The number of hydrogen-bond donors (Lipinski definition) is 2. The Morgan fingerprint density at radius 3 is 2.78 bits per heavy atom. The highest BCUT2D eigenvalue weighted by Crippen LogP contribution is 2.28. The van der Waals surface area contributed by atoms with Crippen molar-refractivity contribution in [2.75, 3.05) is 13.2 Å². The van der Waals surface area contributed by atoms with E-state index in [9.17, 15) is 0 Å². The van der Waals surface area contributed by atoms with E-state index in [0.29, 0.717) is 5.92 Å². The monoisotopic (exact) mass is 268 g/mol. The highest BCUT2D eigenvalue weighted by Gasteiger charge is 2.20. The third kappa shape index (κ3) is 3.45. The van der Waals surface area contributed by atoms with Crippen LogP contribution in [-0.4, -0.2) is 13.2 Å². The number of halogens is 1. The molecule has 1 fully saturated rings. The first-order valence-corrected chi connectivity index (χ1v) is 6.88. The molecule has 1 aromatic carbocycles. The van der Waals surface area contributed by atoms with E-state index >= 15 is 0 Å². The lowest BCUT2D eigenvalue weighted by atomic mass is 9.89. The molecule has 0 bridgehead atoms. The number of ether oxygens (including phenoxy) is 1. The molecule has 3 nitrogen and oxygen atoms in total. The molecule has 1 atom stereocenters. The van der Waals surface area contributed by atoms with Gasteiger partial charge in [-0.25, -0.2) is 0 Å². The number of rotatable bonds is 4. The lowest BCUT2D eigenvalue weighted by Crippen LogP contribution is -2.31. The summed E-state index contributed by atoms with van der Waals surface area (Å²) in [5, 5.41) is 0.806. The molecule has 0 aliphatic carbocycles. The van der Waals surface area contributed by atoms with Crippen molar-refractivity contribution < 1.29 is 4.74 Å². The topological polar surface area (TPSA) is 47.3 Å². The maximum atomic E-state index is 6.05. The fraction of sp³-hybridized carbons (Fsp3) is 0.571. The van der Waals surface area contributed by atoms with Crippen LogP contribution in [0.15, 0.2) is 18.2 Å². The highest BCUT2D eigenvalue weighted by atomic mass is 35.5. The van der Waals surface area contributed by atoms with Crippen LogP contribution in [0.4, 0.5) is 0 Å². The van der Waals surface area contributed by atoms with Crippen molar-refractivity contribution in [1.29, 1.82) is 0 Å². The fourth-order valence-corrected chi connectivity index (χ4v) is 2.62. The molecule has 0 spiro atoms. The summed E-state index contributed by atoms with van der Waals surface area (Å²) in [6.45, 7) is 3.77. The second kappa shape index (κ2) is 6.53. The lowest BCUT2D eigenvalue weighted by Gasteiger charge is -2.26. The SMILES string of the molecule is Cc1cc(C(CC2CCOCC2)NN)ccc1Cl. The van der Waals surface area contributed by atoms with E-state index in [4.69, 9.17) is 22.2 Å². The Morgan fingerprint density at radius 1 is 1.44 bits per heavy atom. The van der Waals surface area contributed by atoms with Crippen LogP contribution in [0.1, 0.15) is 36.4 Å². The Labute approximate surface area is 114 Å². The van der Waals surface area contributed by atoms with Crippen LogP contribution in [0.2, 0.25) is 5.02 Å². The molecular weight excluding hydrogens is 248 g/mol. The van der Waals surface area contributed by atoms with Crippen molar-refractivity contribution in [1.82, 2.24) is 5.43 Å². The fourth-order valence-electron chi connectivity index (χ4n) is 2.50. The maximum Gasteiger partial charge on any atom is 0.0468 e. The number of nitrogens with two attached hydrogens (primary N) is 1. The lowest BCUT2D eigenvalue weighted by molar-refractivity contribution is 0.0605. The molecule has 1 unspecified atom stereocenters. The van der Waals surface area contributed by atoms with Gasteiger partial charge >= 0.3 is 0 Å². The molecule has 0 aromatic heterocycles. The van der Waals surface area contributed by atoms with E-state index in [1.807, 2.05) is 13.0 Å². The molecule has 4 heteroatoms. The zero-order valence-electron chi connectivity index (χ0n) is 10.8. The largest absolute Gasteiger partial charge is 0.381 e. The van der Waals surface area contributed by atoms with Gasteiger partial charge in [0.05, 0.1) is 0 Å². The average Bonchev–Trinajstić information content (AvgIpc) is 2.40. The minimum absolute atomic E-state index is 0.198. The van der Waals surface area contributed by atoms with E-state index < -0.39 is 0 Å². The molecule has 1 aliphatic rings. The van der Waals surface area contributed by atoms with Gasteiger partial charge in [-0.3, -0.25) is 11.3 Å². The summed E-state index contributed by atoms with van der Waals surface area (Å²) in [4.78, 5) is 0. The highest BCUT2D eigenvalue weighted by molar-refractivity contribution is 6.31. The summed E-state index contributed by atoms with van der Waals surface area (Å²) in [5.74, 6) is 6.39. The summed E-state index contributed by atoms with van der Waals surface area (Å²) in [5.41, 5.74) is 5.24. The molecule has 0 saturated carbocycles. The van der Waals surface area contributed by atoms with Gasteiger partial charge in [0.25, 0.3) is 0 Å². The van der Waals surface area contributed by atoms with Crippen molar-refractivity contribution >= 4 is 11.6 Å². The summed E-state index contributed by atoms with van der Waals surface area (Å²) >= 11 is 6.05. The van der Waals surface area contributed by atoms with Crippen molar-refractivity contribution in [3.63, 3.8) is 0 Å². The first kappa shape index (κ1) is 13.8. The van der Waals surface area contributed by atoms with E-state index in [2.05, 4.69) is 17.6 Å². The standard InChI is InChI=1S/C14H21ClN2O/c1-10-8-12(2-3-13(10)15)14(17-16)9-11-4-6-18-7-5-11/h2-3,8,11,14,17H,4-7,9,16H2,1H3. The van der Waals surface area contributed by atoms with Gasteiger partial charge < -0.3 is 4.74 Å². The minimum atomic E-state index is 0.198. The predicted octanol–water partition coefficient (Wildman–Crippen LogP) is 2.97. The first-order chi connectivity index (χ1) is 8.70. The summed E-state index contributed by atoms with van der Waals surface area (Å²) < 4.78 is 5.39. The maximum absolute atomic E-state index is 6.05. The zero-order valence-corrected chi connectivity index (χ0v) is 11.5. The third-order valence-electron chi connectivity index (χ3n) is 3.70. The summed E-state index contributed by atoms with van der Waals surface area (Å²) in [6, 6.07) is 6.32. The van der Waals surface area contributed by atoms with Crippen LogP contribution < -0.4 is 11.3 Å². The molecule has 1 aliphatic heterocycles. The Morgan fingerprint density at radius 2 is 2.17 bits per heavy atom. The van der Waals surface area contributed by atoms with Crippen molar-refractivity contribution in [2.45, 2.75) is 32.2 Å². The van der Waals surface area contributed by atoms with Gasteiger partial charge in [0.2, 0.25) is 0 Å². The van der Waals surface area contributed by atoms with E-state index in [1.165, 1.54) is 5.56 Å². The first-order valence-electron chi connectivity index (χ1n) is 6.50. The second-order valence-electron chi connectivity index (χ2n) is 5.02. The molecule has 1 heterocycles. The molecule has 2 rings (SSSR count). The Kier molecular flexibility index (Phi) is 5.01. The van der Waals surface area contributed by atoms with Crippen LogP contribution in [0, 0.1) is 12.8 Å². The van der Waals surface area contributed by atoms with Gasteiger partial charge in [-0.05, 0) is 49.3 Å². The molecule has 100 valence electrons. The molecule has 0 radical (unpaired) electrons. The Hall–Kier alpha value is -0.610. The number of hydrazine groups is 1. The van der Waals surface area contributed by atoms with Gasteiger partial charge in [0.1, 0.15) is 0 Å². The number of nitrogens with one attached hydrogen (secondary N) is 1. The van der Waals surface area contributed by atoms with Crippen molar-refractivity contribution in [3.8, 4) is 0 Å². The molecule has 18 heavy (non-hydrogen) atoms. The normalized spacial score (nSPS) is 18.8. The van der Waals surface area contributed by atoms with E-state index in [-0.39, 0.29) is 6.04 Å². The second-order valence-corrected chi connectivity index (χ2v) is 5.43. The van der Waals surface area contributed by atoms with Gasteiger partial charge in [0, 0.05) is 24.3 Å². The van der Waals surface area contributed by atoms with E-state index in [0.717, 1.165) is 43.1 Å². The molecular formula is C14H21ClN2O. The predicted molar refractivity (Wildman–Crippen MR) is 74.4 cm³/mol. The van der Waals surface area contributed by atoms with Crippen molar-refractivity contribution in [3.05, 3.63) is 34.3 Å². The van der Waals surface area contributed by atoms with Crippen LogP contribution in [0.25, 0.3) is 0 Å². The molecule has 1 aromatic rings. The Bertz CT molecular complexity index is 391. The average molecular weight is 269 g/mol. The molecule has 3 N–H and O–H groups in total. The zero-order chi connectivity index (χ0) is 13.0. The van der Waals surface area contributed by atoms with Crippen LogP contribution >= 0.6 is 11.6 Å². The number of hydrogen-bond acceptors (Lipinski definition) is 3. The smallest absolute Gasteiger partial charge is 0.0468 e. The van der Waals surface area contributed by atoms with Crippen LogP contribution in [0.3, 0.4) is 0 Å². The quantitative estimate of drug-likeness (QED) is 0.652. The summed E-state index contributed by atoms with van der Waals surface area (Å²) in [7, 11) is 0. The van der Waals surface area contributed by atoms with Gasteiger partial charge in [-0.1, -0.05) is 23.7 Å². The van der Waals surface area contributed by atoms with E-state index in [1.54, 1.807) is 0 Å².